The lowest BCUT2D eigenvalue weighted by molar-refractivity contribution is 0.342. The van der Waals surface area contributed by atoms with Crippen molar-refractivity contribution in [1.82, 2.24) is 15.3 Å². The predicted octanol–water partition coefficient (Wildman–Crippen LogP) is 3.51. The van der Waals surface area contributed by atoms with Gasteiger partial charge < -0.3 is 10.3 Å². The molecule has 0 saturated heterocycles. The fourth-order valence-corrected chi connectivity index (χ4v) is 3.25. The summed E-state index contributed by atoms with van der Waals surface area (Å²) in [6.45, 7) is 5.41. The van der Waals surface area contributed by atoms with Gasteiger partial charge in [0.1, 0.15) is 5.82 Å². The van der Waals surface area contributed by atoms with E-state index >= 15 is 0 Å². The van der Waals surface area contributed by atoms with E-state index in [4.69, 9.17) is 4.98 Å². The molecule has 3 rings (SSSR count). The van der Waals surface area contributed by atoms with E-state index in [0.717, 1.165) is 12.1 Å². The number of nitrogens with one attached hydrogen (secondary N) is 2. The maximum Gasteiger partial charge on any atom is 0.110 e. The van der Waals surface area contributed by atoms with Crippen LogP contribution in [-0.2, 0) is 0 Å². The molecule has 1 aliphatic carbocycles. The molecule has 3 heteroatoms. The summed E-state index contributed by atoms with van der Waals surface area (Å²) < 4.78 is 0. The van der Waals surface area contributed by atoms with Gasteiger partial charge in [-0.05, 0) is 50.8 Å². The van der Waals surface area contributed by atoms with Gasteiger partial charge in [0, 0.05) is 12.0 Å². The SMILES string of the molecule is CCNC1CCC(c2nc3c(C)cccc3[nH]2)CC1. The fourth-order valence-electron chi connectivity index (χ4n) is 3.25. The van der Waals surface area contributed by atoms with Crippen LogP contribution in [0.4, 0.5) is 0 Å². The Balaban J connectivity index is 1.77. The van der Waals surface area contributed by atoms with E-state index in [-0.39, 0.29) is 0 Å². The van der Waals surface area contributed by atoms with Crippen LogP contribution in [0.25, 0.3) is 11.0 Å². The number of rotatable bonds is 3. The number of nitrogens with zero attached hydrogens (tertiary/aromatic N) is 1. The van der Waals surface area contributed by atoms with Gasteiger partial charge in [-0.15, -0.1) is 0 Å². The molecule has 1 aromatic heterocycles. The number of benzene rings is 1. The molecule has 0 aliphatic heterocycles. The number of aromatic amines is 1. The summed E-state index contributed by atoms with van der Waals surface area (Å²) in [6.07, 6.45) is 5.04. The monoisotopic (exact) mass is 257 g/mol. The number of hydrogen-bond donors (Lipinski definition) is 2. The molecule has 1 saturated carbocycles. The van der Waals surface area contributed by atoms with Gasteiger partial charge in [-0.25, -0.2) is 4.98 Å². The van der Waals surface area contributed by atoms with E-state index < -0.39 is 0 Å². The standard InChI is InChI=1S/C16H23N3/c1-3-17-13-9-7-12(8-10-13)16-18-14-6-4-5-11(2)15(14)19-16/h4-6,12-13,17H,3,7-10H2,1-2H3,(H,18,19). The van der Waals surface area contributed by atoms with E-state index in [1.54, 1.807) is 0 Å². The molecule has 0 radical (unpaired) electrons. The molecule has 1 aromatic carbocycles. The molecule has 0 bridgehead atoms. The van der Waals surface area contributed by atoms with Crippen molar-refractivity contribution in [1.29, 1.82) is 0 Å². The van der Waals surface area contributed by atoms with Gasteiger partial charge in [-0.1, -0.05) is 19.1 Å². The zero-order valence-electron chi connectivity index (χ0n) is 11.9. The summed E-state index contributed by atoms with van der Waals surface area (Å²) >= 11 is 0. The number of hydrogen-bond acceptors (Lipinski definition) is 2. The summed E-state index contributed by atoms with van der Waals surface area (Å²) in [4.78, 5) is 8.35. The molecule has 0 spiro atoms. The van der Waals surface area contributed by atoms with Crippen molar-refractivity contribution < 1.29 is 0 Å². The van der Waals surface area contributed by atoms with Crippen molar-refractivity contribution in [3.63, 3.8) is 0 Å². The highest BCUT2D eigenvalue weighted by Crippen LogP contribution is 2.32. The average Bonchev–Trinajstić information content (AvgIpc) is 2.85. The maximum atomic E-state index is 4.83. The van der Waals surface area contributed by atoms with E-state index in [0.29, 0.717) is 12.0 Å². The van der Waals surface area contributed by atoms with E-state index in [1.807, 2.05) is 0 Å². The number of imidazole rings is 1. The third kappa shape index (κ3) is 2.52. The Bertz CT molecular complexity index is 550. The second kappa shape index (κ2) is 5.33. The van der Waals surface area contributed by atoms with Gasteiger partial charge in [-0.3, -0.25) is 0 Å². The van der Waals surface area contributed by atoms with Crippen molar-refractivity contribution in [2.75, 3.05) is 6.54 Å². The quantitative estimate of drug-likeness (QED) is 0.883. The minimum atomic E-state index is 0.613. The van der Waals surface area contributed by atoms with Crippen LogP contribution in [-0.4, -0.2) is 22.6 Å². The largest absolute Gasteiger partial charge is 0.342 e. The number of aromatic nitrogens is 2. The lowest BCUT2D eigenvalue weighted by Gasteiger charge is -2.27. The highest BCUT2D eigenvalue weighted by atomic mass is 14.9. The highest BCUT2D eigenvalue weighted by Gasteiger charge is 2.24. The van der Waals surface area contributed by atoms with Crippen LogP contribution < -0.4 is 5.32 Å². The van der Waals surface area contributed by atoms with Crippen LogP contribution in [0.15, 0.2) is 18.2 Å². The third-order valence-electron chi connectivity index (χ3n) is 4.34. The van der Waals surface area contributed by atoms with Crippen molar-refractivity contribution in [3.05, 3.63) is 29.6 Å². The fraction of sp³-hybridized carbons (Fsp3) is 0.562. The van der Waals surface area contributed by atoms with Crippen LogP contribution in [0.3, 0.4) is 0 Å². The number of aryl methyl sites for hydroxylation is 1. The maximum absolute atomic E-state index is 4.83. The van der Waals surface area contributed by atoms with Crippen molar-refractivity contribution in [2.45, 2.75) is 51.5 Å². The lowest BCUT2D eigenvalue weighted by atomic mass is 9.85. The Labute approximate surface area is 114 Å². The third-order valence-corrected chi connectivity index (χ3v) is 4.34. The molecule has 19 heavy (non-hydrogen) atoms. The predicted molar refractivity (Wildman–Crippen MR) is 79.5 cm³/mol. The number of H-pyrrole nitrogens is 1. The Morgan fingerprint density at radius 1 is 1.26 bits per heavy atom. The molecule has 2 aromatic rings. The molecule has 0 unspecified atom stereocenters. The molecular formula is C16H23N3. The first-order valence-corrected chi connectivity index (χ1v) is 7.46. The summed E-state index contributed by atoms with van der Waals surface area (Å²) in [5.74, 6) is 1.81. The van der Waals surface area contributed by atoms with Crippen LogP contribution in [0.1, 0.15) is 49.9 Å². The Hall–Kier alpha value is -1.35. The second-order valence-corrected chi connectivity index (χ2v) is 5.70. The van der Waals surface area contributed by atoms with Gasteiger partial charge in [0.25, 0.3) is 0 Å². The molecule has 1 heterocycles. The van der Waals surface area contributed by atoms with Crippen LogP contribution in [0.2, 0.25) is 0 Å². The molecule has 1 fully saturated rings. The first-order chi connectivity index (χ1) is 9.28. The minimum absolute atomic E-state index is 0.613. The van der Waals surface area contributed by atoms with Crippen LogP contribution in [0, 0.1) is 6.92 Å². The van der Waals surface area contributed by atoms with Gasteiger partial charge in [0.15, 0.2) is 0 Å². The summed E-state index contributed by atoms with van der Waals surface area (Å²) in [6, 6.07) is 7.08. The molecule has 1 aliphatic rings. The second-order valence-electron chi connectivity index (χ2n) is 5.70. The average molecular weight is 257 g/mol. The zero-order valence-corrected chi connectivity index (χ0v) is 11.9. The van der Waals surface area contributed by atoms with E-state index in [2.05, 4.69) is 42.3 Å². The van der Waals surface area contributed by atoms with Crippen LogP contribution in [0.5, 0.6) is 0 Å². The lowest BCUT2D eigenvalue weighted by Crippen LogP contribution is -2.32. The van der Waals surface area contributed by atoms with E-state index in [9.17, 15) is 0 Å². The van der Waals surface area contributed by atoms with Crippen LogP contribution >= 0.6 is 0 Å². The molecule has 102 valence electrons. The van der Waals surface area contributed by atoms with Crippen molar-refractivity contribution in [3.8, 4) is 0 Å². The molecule has 0 amide bonds. The molecule has 2 N–H and O–H groups in total. The zero-order chi connectivity index (χ0) is 13.2. The molecule has 3 nitrogen and oxygen atoms in total. The first kappa shape index (κ1) is 12.7. The highest BCUT2D eigenvalue weighted by molar-refractivity contribution is 5.78. The van der Waals surface area contributed by atoms with E-state index in [1.165, 1.54) is 42.6 Å². The number of para-hydroxylation sites is 1. The van der Waals surface area contributed by atoms with Crippen molar-refractivity contribution in [2.24, 2.45) is 0 Å². The van der Waals surface area contributed by atoms with Gasteiger partial charge in [-0.2, -0.15) is 0 Å². The summed E-state index contributed by atoms with van der Waals surface area (Å²) in [7, 11) is 0. The smallest absolute Gasteiger partial charge is 0.110 e. The minimum Gasteiger partial charge on any atom is -0.342 e. The summed E-state index contributed by atoms with van der Waals surface area (Å²) in [5, 5.41) is 3.56. The first-order valence-electron chi connectivity index (χ1n) is 7.46. The van der Waals surface area contributed by atoms with Gasteiger partial charge >= 0.3 is 0 Å². The topological polar surface area (TPSA) is 40.7 Å². The Morgan fingerprint density at radius 3 is 2.74 bits per heavy atom. The normalized spacial score (nSPS) is 23.9. The van der Waals surface area contributed by atoms with Crippen molar-refractivity contribution >= 4 is 11.0 Å². The van der Waals surface area contributed by atoms with Gasteiger partial charge in [0.2, 0.25) is 0 Å². The Kier molecular flexibility index (Phi) is 3.56. The van der Waals surface area contributed by atoms with Gasteiger partial charge in [0.05, 0.1) is 11.0 Å². The number of fused-ring (bicyclic) bond motifs is 1. The summed E-state index contributed by atoms with van der Waals surface area (Å²) in [5.41, 5.74) is 3.59. The Morgan fingerprint density at radius 2 is 2.05 bits per heavy atom. The molecule has 0 atom stereocenters. The molecular weight excluding hydrogens is 234 g/mol.